The van der Waals surface area contributed by atoms with Crippen molar-refractivity contribution in [2.45, 2.75) is 122 Å². The highest BCUT2D eigenvalue weighted by molar-refractivity contribution is 5.99. The number of nitrogens with one attached hydrogen (secondary N) is 8. The summed E-state index contributed by atoms with van der Waals surface area (Å²) in [4.78, 5) is 159. The smallest absolute Gasteiger partial charge is 0.247 e. The van der Waals surface area contributed by atoms with E-state index >= 15 is 0 Å². The maximum Gasteiger partial charge on any atom is 0.247 e. The van der Waals surface area contributed by atoms with Gasteiger partial charge in [-0.25, -0.2) is 0 Å². The lowest BCUT2D eigenvalue weighted by Gasteiger charge is -2.32. The van der Waals surface area contributed by atoms with Gasteiger partial charge in [0.05, 0.1) is 19.5 Å². The number of hydrogen-bond acceptors (Lipinski definition) is 13. The van der Waals surface area contributed by atoms with E-state index < -0.39 is 164 Å². The third-order valence-electron chi connectivity index (χ3n) is 10.8. The number of primary amides is 3. The second kappa shape index (κ2) is 26.7. The molecule has 0 spiro atoms. The van der Waals surface area contributed by atoms with Gasteiger partial charge < -0.3 is 69.7 Å². The first-order valence-electron chi connectivity index (χ1n) is 22.0. The van der Waals surface area contributed by atoms with Crippen molar-refractivity contribution < 1.29 is 62.6 Å². The molecule has 7 atom stereocenters. The van der Waals surface area contributed by atoms with Crippen LogP contribution in [0.25, 0.3) is 0 Å². The Morgan fingerprint density at radius 3 is 1.94 bits per heavy atom. The fourth-order valence-corrected chi connectivity index (χ4v) is 7.09. The molecule has 1 aliphatic rings. The highest BCUT2D eigenvalue weighted by atomic mass is 16.3. The summed E-state index contributed by atoms with van der Waals surface area (Å²) < 4.78 is 0. The number of benzene rings is 1. The van der Waals surface area contributed by atoms with E-state index in [1.54, 1.807) is 27.7 Å². The molecular formula is C43H66N12O13. The van der Waals surface area contributed by atoms with Crippen LogP contribution in [0.4, 0.5) is 0 Å². The van der Waals surface area contributed by atoms with Crippen LogP contribution in [0.3, 0.4) is 0 Å². The predicted octanol–water partition coefficient (Wildman–Crippen LogP) is -4.56. The third kappa shape index (κ3) is 19.2. The zero-order chi connectivity index (χ0) is 51.5. The van der Waals surface area contributed by atoms with Crippen LogP contribution in [0.15, 0.2) is 24.3 Å². The first kappa shape index (κ1) is 56.8. The van der Waals surface area contributed by atoms with E-state index in [1.165, 1.54) is 31.2 Å². The lowest BCUT2D eigenvalue weighted by Crippen LogP contribution is -2.62. The summed E-state index contributed by atoms with van der Waals surface area (Å²) in [5.74, 6) is -11.9. The molecule has 1 saturated heterocycles. The number of aromatic hydroxyl groups is 1. The third-order valence-corrected chi connectivity index (χ3v) is 10.8. The number of rotatable bonds is 18. The zero-order valence-corrected chi connectivity index (χ0v) is 39.2. The molecular weight excluding hydrogens is 893 g/mol. The molecule has 25 nitrogen and oxygen atoms in total. The fourth-order valence-electron chi connectivity index (χ4n) is 7.09. The van der Waals surface area contributed by atoms with Gasteiger partial charge in [-0.1, -0.05) is 46.2 Å². The molecule has 376 valence electrons. The van der Waals surface area contributed by atoms with Gasteiger partial charge in [0.2, 0.25) is 70.9 Å². The molecule has 0 unspecified atom stereocenters. The molecule has 1 aliphatic heterocycles. The quantitative estimate of drug-likeness (QED) is 0.0661. The van der Waals surface area contributed by atoms with Crippen molar-refractivity contribution >= 4 is 70.9 Å². The van der Waals surface area contributed by atoms with Crippen LogP contribution < -0.4 is 59.7 Å². The summed E-state index contributed by atoms with van der Waals surface area (Å²) in [6.45, 7) is 6.36. The summed E-state index contributed by atoms with van der Waals surface area (Å²) in [7, 11) is 1.16. The Labute approximate surface area is 393 Å². The molecule has 1 heterocycles. The number of amides is 12. The lowest BCUT2D eigenvalue weighted by molar-refractivity contribution is -0.141. The van der Waals surface area contributed by atoms with Crippen LogP contribution >= 0.6 is 0 Å². The lowest BCUT2D eigenvalue weighted by atomic mass is 9.89. The van der Waals surface area contributed by atoms with E-state index in [9.17, 15) is 62.6 Å². The summed E-state index contributed by atoms with van der Waals surface area (Å²) in [6.07, 6.45) is -2.50. The van der Waals surface area contributed by atoms with Crippen LogP contribution in [0.5, 0.6) is 5.75 Å². The first-order chi connectivity index (χ1) is 31.7. The molecule has 0 bridgehead atoms. The number of carbonyl (C=O) groups is 12. The maximum atomic E-state index is 14.0. The molecule has 0 saturated carbocycles. The molecule has 12 amide bonds. The van der Waals surface area contributed by atoms with Gasteiger partial charge in [-0.05, 0) is 49.3 Å². The minimum atomic E-state index is -1.84. The predicted molar refractivity (Wildman–Crippen MR) is 241 cm³/mol. The Hall–Kier alpha value is -7.34. The van der Waals surface area contributed by atoms with Crippen LogP contribution in [0.2, 0.25) is 0 Å². The molecule has 0 radical (unpaired) electrons. The number of nitrogens with two attached hydrogens (primary N) is 3. The Bertz CT molecular complexity index is 2050. The van der Waals surface area contributed by atoms with Gasteiger partial charge in [-0.2, -0.15) is 0 Å². The van der Waals surface area contributed by atoms with E-state index in [4.69, 9.17) is 17.2 Å². The van der Waals surface area contributed by atoms with Crippen molar-refractivity contribution in [1.29, 1.82) is 0 Å². The number of nitrogens with zero attached hydrogens (tertiary/aromatic N) is 1. The zero-order valence-electron chi connectivity index (χ0n) is 39.2. The maximum absolute atomic E-state index is 14.0. The van der Waals surface area contributed by atoms with Gasteiger partial charge >= 0.3 is 0 Å². The Kier molecular flexibility index (Phi) is 22.3. The van der Waals surface area contributed by atoms with Crippen LogP contribution in [-0.4, -0.2) is 143 Å². The van der Waals surface area contributed by atoms with Gasteiger partial charge in [0.15, 0.2) is 0 Å². The second-order valence-corrected chi connectivity index (χ2v) is 17.3. The number of phenolic OH excluding ortho intramolecular Hbond substituents is 1. The SMILES string of the molecule is CC[C@H](C)[C@@H]1NC(=O)[C@H](Cc2ccc(O)cc2)NC(=O)CCC(=O)NC[C@@H](C(=O)N(C)CC(=O)N[C@@](C)(CC(C)C)C(=O)NCC(N)=O)NC(=O)[C@H](CC(N)=O)NC(=O)[C@H](CCC(N)=O)NC1=O. The number of phenols is 1. The van der Waals surface area contributed by atoms with Gasteiger partial charge in [0.1, 0.15) is 41.5 Å². The average molecular weight is 959 g/mol. The molecule has 15 N–H and O–H groups in total. The van der Waals surface area contributed by atoms with Crippen molar-refractivity contribution in [3.8, 4) is 5.75 Å². The van der Waals surface area contributed by atoms with Crippen molar-refractivity contribution in [3.63, 3.8) is 0 Å². The van der Waals surface area contributed by atoms with E-state index in [0.29, 0.717) is 12.0 Å². The standard InChI is InChI=1S/C43H66N12O13/c1-7-23(4)36-40(66)50-26(12-13-30(44)57)37(63)51-28(17-31(45)58)38(64)52-29(41(67)55(6)21-35(62)54-43(5,18-22(2)3)42(68)48-20-32(46)59)19-47-33(60)14-15-34(61)49-27(39(65)53-36)16-24-8-10-25(56)11-9-24/h8-11,22-23,26-29,36,56H,7,12-21H2,1-6H3,(H2,44,57)(H2,45,58)(H2,46,59)(H,47,60)(H,48,68)(H,49,61)(H,50,66)(H,51,63)(H,52,64)(H,53,65)(H,54,62)/t23-,26-,27-,28-,29-,36-,43-/m0/s1. The van der Waals surface area contributed by atoms with Crippen molar-refractivity contribution in [2.75, 3.05) is 26.7 Å². The highest BCUT2D eigenvalue weighted by Crippen LogP contribution is 2.18. The van der Waals surface area contributed by atoms with Crippen LogP contribution in [0.1, 0.15) is 85.1 Å². The van der Waals surface area contributed by atoms with Gasteiger partial charge in [-0.3, -0.25) is 57.5 Å². The molecule has 0 aliphatic carbocycles. The minimum absolute atomic E-state index is 0.0696. The topological polar surface area (TPSA) is 403 Å². The van der Waals surface area contributed by atoms with Crippen LogP contribution in [-0.2, 0) is 64.0 Å². The van der Waals surface area contributed by atoms with Gasteiger partial charge in [-0.15, -0.1) is 0 Å². The molecule has 0 aromatic heterocycles. The number of hydrogen-bond donors (Lipinski definition) is 12. The second-order valence-electron chi connectivity index (χ2n) is 17.3. The number of carbonyl (C=O) groups excluding carboxylic acids is 12. The Balaban J connectivity index is 2.61. The molecule has 2 rings (SSSR count). The normalized spacial score (nSPS) is 21.4. The minimum Gasteiger partial charge on any atom is -0.508 e. The van der Waals surface area contributed by atoms with Crippen molar-refractivity contribution in [2.24, 2.45) is 29.0 Å². The van der Waals surface area contributed by atoms with Crippen molar-refractivity contribution in [1.82, 2.24) is 47.4 Å². The van der Waals surface area contributed by atoms with Crippen LogP contribution in [0, 0.1) is 11.8 Å². The van der Waals surface area contributed by atoms with E-state index in [2.05, 4.69) is 42.5 Å². The van der Waals surface area contributed by atoms with E-state index in [0.717, 1.165) is 11.9 Å². The first-order valence-corrected chi connectivity index (χ1v) is 22.0. The van der Waals surface area contributed by atoms with Gasteiger partial charge in [0.25, 0.3) is 0 Å². The Morgan fingerprint density at radius 1 is 0.779 bits per heavy atom. The van der Waals surface area contributed by atoms with Gasteiger partial charge in [0, 0.05) is 39.3 Å². The molecule has 1 aromatic rings. The average Bonchev–Trinajstić information content (AvgIpc) is 3.25. The molecule has 25 heteroatoms. The monoisotopic (exact) mass is 958 g/mol. The molecule has 68 heavy (non-hydrogen) atoms. The molecule has 1 fully saturated rings. The summed E-state index contributed by atoms with van der Waals surface area (Å²) in [6, 6.07) is -2.18. The Morgan fingerprint density at radius 2 is 1.37 bits per heavy atom. The van der Waals surface area contributed by atoms with E-state index in [-0.39, 0.29) is 24.5 Å². The van der Waals surface area contributed by atoms with Crippen molar-refractivity contribution in [3.05, 3.63) is 29.8 Å². The number of likely N-dealkylation sites (N-methyl/N-ethyl adjacent to an activating group) is 1. The summed E-state index contributed by atoms with van der Waals surface area (Å²) in [5.41, 5.74) is 14.9. The highest BCUT2D eigenvalue weighted by Gasteiger charge is 2.38. The summed E-state index contributed by atoms with van der Waals surface area (Å²) >= 11 is 0. The molecule has 1 aromatic carbocycles. The fraction of sp³-hybridized carbons (Fsp3) is 0.581. The van der Waals surface area contributed by atoms with E-state index in [1.807, 2.05) is 0 Å². The largest absolute Gasteiger partial charge is 0.508 e. The summed E-state index contributed by atoms with van der Waals surface area (Å²) in [5, 5.41) is 29.5.